The summed E-state index contributed by atoms with van der Waals surface area (Å²) >= 11 is 3.24. The number of carbonyl (C=O) groups excluding carboxylic acids is 2. The van der Waals surface area contributed by atoms with Crippen LogP contribution in [-0.4, -0.2) is 16.2 Å². The molecule has 0 spiro atoms. The van der Waals surface area contributed by atoms with E-state index in [1.165, 1.54) is 11.3 Å². The van der Waals surface area contributed by atoms with E-state index in [1.54, 1.807) is 17.5 Å². The summed E-state index contributed by atoms with van der Waals surface area (Å²) in [6.45, 7) is 0. The normalized spacial score (nSPS) is 9.31. The fourth-order valence-corrected chi connectivity index (χ4v) is 1.44. The van der Waals surface area contributed by atoms with Gasteiger partial charge in [-0.15, -0.1) is 11.3 Å². The SMILES string of the molecule is O=C(CI)NNC(=O)c1cccs1. The maximum Gasteiger partial charge on any atom is 0.279 e. The summed E-state index contributed by atoms with van der Waals surface area (Å²) in [4.78, 5) is 22.5. The second-order valence-corrected chi connectivity index (χ2v) is 3.82. The van der Waals surface area contributed by atoms with Crippen molar-refractivity contribution in [2.24, 2.45) is 0 Å². The van der Waals surface area contributed by atoms with Gasteiger partial charge in [-0.3, -0.25) is 20.4 Å². The number of hydrogen-bond acceptors (Lipinski definition) is 3. The number of halogens is 1. The van der Waals surface area contributed by atoms with E-state index >= 15 is 0 Å². The van der Waals surface area contributed by atoms with Crippen LogP contribution >= 0.6 is 33.9 Å². The first-order valence-corrected chi connectivity index (χ1v) is 5.83. The Morgan fingerprint density at radius 2 is 2.23 bits per heavy atom. The third-order valence-electron chi connectivity index (χ3n) is 1.18. The van der Waals surface area contributed by atoms with E-state index in [-0.39, 0.29) is 11.8 Å². The van der Waals surface area contributed by atoms with Crippen molar-refractivity contribution >= 4 is 45.7 Å². The maximum atomic E-state index is 11.2. The summed E-state index contributed by atoms with van der Waals surface area (Å²) in [5, 5.41) is 1.80. The first kappa shape index (κ1) is 10.5. The highest BCUT2D eigenvalue weighted by Gasteiger charge is 2.06. The second kappa shape index (κ2) is 5.18. The van der Waals surface area contributed by atoms with Crippen LogP contribution in [0.4, 0.5) is 0 Å². The molecule has 70 valence electrons. The fraction of sp³-hybridized carbons (Fsp3) is 0.143. The summed E-state index contributed by atoms with van der Waals surface area (Å²) in [6, 6.07) is 3.47. The number of thiophene rings is 1. The number of hydrazine groups is 1. The van der Waals surface area contributed by atoms with Crippen LogP contribution in [0.3, 0.4) is 0 Å². The molecule has 0 aliphatic rings. The zero-order valence-corrected chi connectivity index (χ0v) is 9.52. The van der Waals surface area contributed by atoms with Crippen LogP contribution in [0.25, 0.3) is 0 Å². The minimum atomic E-state index is -0.284. The van der Waals surface area contributed by atoms with Gasteiger partial charge in [0, 0.05) is 0 Å². The Morgan fingerprint density at radius 1 is 1.46 bits per heavy atom. The molecule has 0 aliphatic carbocycles. The van der Waals surface area contributed by atoms with Gasteiger partial charge in [-0.2, -0.15) is 0 Å². The van der Waals surface area contributed by atoms with Crippen molar-refractivity contribution in [2.45, 2.75) is 0 Å². The van der Waals surface area contributed by atoms with Crippen molar-refractivity contribution in [1.82, 2.24) is 10.9 Å². The molecule has 1 rings (SSSR count). The molecule has 0 atom stereocenters. The van der Waals surface area contributed by atoms with Crippen molar-refractivity contribution in [2.75, 3.05) is 4.43 Å². The number of carbonyl (C=O) groups is 2. The highest BCUT2D eigenvalue weighted by molar-refractivity contribution is 14.1. The van der Waals surface area contributed by atoms with Gasteiger partial charge in [-0.25, -0.2) is 0 Å². The molecule has 2 amide bonds. The molecular weight excluding hydrogens is 303 g/mol. The highest BCUT2D eigenvalue weighted by atomic mass is 127. The molecule has 0 unspecified atom stereocenters. The number of amides is 2. The molecule has 1 heterocycles. The van der Waals surface area contributed by atoms with Gasteiger partial charge in [0.2, 0.25) is 5.91 Å². The minimum absolute atomic E-state index is 0.217. The molecule has 0 aromatic carbocycles. The van der Waals surface area contributed by atoms with Crippen LogP contribution in [0, 0.1) is 0 Å². The minimum Gasteiger partial charge on any atom is -0.272 e. The van der Waals surface area contributed by atoms with Crippen molar-refractivity contribution < 1.29 is 9.59 Å². The summed E-state index contributed by atoms with van der Waals surface area (Å²) in [7, 11) is 0. The van der Waals surface area contributed by atoms with Gasteiger partial charge in [0.25, 0.3) is 5.91 Å². The lowest BCUT2D eigenvalue weighted by molar-refractivity contribution is -0.119. The zero-order valence-electron chi connectivity index (χ0n) is 6.54. The maximum absolute atomic E-state index is 11.2. The van der Waals surface area contributed by atoms with E-state index in [0.717, 1.165) is 0 Å². The van der Waals surface area contributed by atoms with E-state index in [9.17, 15) is 9.59 Å². The number of alkyl halides is 1. The average Bonchev–Trinajstić information content (AvgIpc) is 2.66. The van der Waals surface area contributed by atoms with Gasteiger partial charge in [-0.05, 0) is 11.4 Å². The molecule has 0 radical (unpaired) electrons. The van der Waals surface area contributed by atoms with Crippen molar-refractivity contribution in [3.63, 3.8) is 0 Å². The Hall–Kier alpha value is -0.630. The lowest BCUT2D eigenvalue weighted by Crippen LogP contribution is -2.41. The molecule has 0 aliphatic heterocycles. The molecule has 13 heavy (non-hydrogen) atoms. The zero-order chi connectivity index (χ0) is 9.68. The molecule has 1 aromatic rings. The monoisotopic (exact) mass is 310 g/mol. The van der Waals surface area contributed by atoms with Crippen molar-refractivity contribution in [3.05, 3.63) is 22.4 Å². The molecule has 6 heteroatoms. The van der Waals surface area contributed by atoms with Crippen LogP contribution in [0.15, 0.2) is 17.5 Å². The molecule has 0 saturated heterocycles. The van der Waals surface area contributed by atoms with Gasteiger partial charge in [-0.1, -0.05) is 28.7 Å². The smallest absolute Gasteiger partial charge is 0.272 e. The predicted molar refractivity (Wildman–Crippen MR) is 58.8 cm³/mol. The summed E-state index contributed by atoms with van der Waals surface area (Å²) in [6.07, 6.45) is 0. The molecule has 0 fully saturated rings. The van der Waals surface area contributed by atoms with E-state index in [1.807, 2.05) is 22.6 Å². The van der Waals surface area contributed by atoms with Crippen molar-refractivity contribution in [1.29, 1.82) is 0 Å². The van der Waals surface area contributed by atoms with Gasteiger partial charge >= 0.3 is 0 Å². The van der Waals surface area contributed by atoms with Crippen molar-refractivity contribution in [3.8, 4) is 0 Å². The van der Waals surface area contributed by atoms with E-state index in [2.05, 4.69) is 10.9 Å². The van der Waals surface area contributed by atoms with Crippen LogP contribution in [0.2, 0.25) is 0 Å². The quantitative estimate of drug-likeness (QED) is 0.485. The summed E-state index contributed by atoms with van der Waals surface area (Å²) in [5.41, 5.74) is 4.58. The number of nitrogens with one attached hydrogen (secondary N) is 2. The largest absolute Gasteiger partial charge is 0.279 e. The molecule has 2 N–H and O–H groups in total. The Balaban J connectivity index is 2.39. The Labute approximate surface area is 92.8 Å². The Bertz CT molecular complexity index is 299. The molecule has 1 aromatic heterocycles. The van der Waals surface area contributed by atoms with Gasteiger partial charge in [0.15, 0.2) is 0 Å². The highest BCUT2D eigenvalue weighted by Crippen LogP contribution is 2.06. The standard InChI is InChI=1S/C7H7IN2O2S/c8-4-6(11)9-10-7(12)5-2-1-3-13-5/h1-3H,4H2,(H,9,11)(H,10,12). The average molecular weight is 310 g/mol. The summed E-state index contributed by atoms with van der Waals surface area (Å²) < 4.78 is 0.322. The van der Waals surface area contributed by atoms with Gasteiger partial charge in [0.1, 0.15) is 0 Å². The third kappa shape index (κ3) is 3.31. The van der Waals surface area contributed by atoms with Gasteiger partial charge < -0.3 is 0 Å². The Kier molecular flexibility index (Phi) is 4.16. The third-order valence-corrected chi connectivity index (χ3v) is 2.74. The van der Waals surface area contributed by atoms with E-state index in [4.69, 9.17) is 0 Å². The predicted octanol–water partition coefficient (Wildman–Crippen LogP) is 0.944. The fourth-order valence-electron chi connectivity index (χ4n) is 0.629. The topological polar surface area (TPSA) is 58.2 Å². The van der Waals surface area contributed by atoms with Crippen LogP contribution in [-0.2, 0) is 4.79 Å². The van der Waals surface area contributed by atoms with Crippen LogP contribution < -0.4 is 10.9 Å². The molecule has 4 nitrogen and oxygen atoms in total. The summed E-state index contributed by atoms with van der Waals surface area (Å²) in [5.74, 6) is -0.501. The molecule has 0 bridgehead atoms. The molecule has 0 saturated carbocycles. The molecular formula is C7H7IN2O2S. The first-order valence-electron chi connectivity index (χ1n) is 3.42. The second-order valence-electron chi connectivity index (χ2n) is 2.11. The number of rotatable bonds is 2. The lowest BCUT2D eigenvalue weighted by Gasteiger charge is -2.02. The number of hydrogen-bond donors (Lipinski definition) is 2. The van der Waals surface area contributed by atoms with Crippen LogP contribution in [0.5, 0.6) is 0 Å². The van der Waals surface area contributed by atoms with E-state index in [0.29, 0.717) is 9.30 Å². The first-order chi connectivity index (χ1) is 6.24. The van der Waals surface area contributed by atoms with E-state index < -0.39 is 0 Å². The Morgan fingerprint density at radius 3 is 2.77 bits per heavy atom. The van der Waals surface area contributed by atoms with Crippen LogP contribution in [0.1, 0.15) is 9.67 Å². The lowest BCUT2D eigenvalue weighted by atomic mass is 10.4. The van der Waals surface area contributed by atoms with Gasteiger partial charge in [0.05, 0.1) is 9.30 Å².